The van der Waals surface area contributed by atoms with Crippen LogP contribution in [-0.2, 0) is 10.8 Å². The van der Waals surface area contributed by atoms with Crippen LogP contribution in [0.4, 0.5) is 0 Å². The van der Waals surface area contributed by atoms with Gasteiger partial charge in [-0.3, -0.25) is 0 Å². The zero-order valence-electron chi connectivity index (χ0n) is 14.5. The van der Waals surface area contributed by atoms with Gasteiger partial charge >= 0.3 is 0 Å². The molecule has 0 unspecified atom stereocenters. The first kappa shape index (κ1) is 17.9. The van der Waals surface area contributed by atoms with Crippen LogP contribution in [0.1, 0.15) is 58.2 Å². The van der Waals surface area contributed by atoms with Gasteiger partial charge in [0.05, 0.1) is 5.70 Å². The van der Waals surface area contributed by atoms with E-state index >= 15 is 0 Å². The Morgan fingerprint density at radius 2 is 1.39 bits per heavy atom. The van der Waals surface area contributed by atoms with E-state index in [2.05, 4.69) is 52.2 Å². The molecule has 0 saturated carbocycles. The number of aromatic hydroxyl groups is 1. The molecule has 1 fully saturated rings. The zero-order chi connectivity index (χ0) is 17.6. The van der Waals surface area contributed by atoms with Gasteiger partial charge in [0.15, 0.2) is 5.11 Å². The number of phenolic OH excluding ortho intramolecular Hbond substituents is 1. The molecule has 1 aliphatic heterocycles. The van der Waals surface area contributed by atoms with Gasteiger partial charge in [-0.2, -0.15) is 0 Å². The van der Waals surface area contributed by atoms with Crippen LogP contribution in [0.3, 0.4) is 0 Å². The first-order valence-electron chi connectivity index (χ1n) is 7.61. The van der Waals surface area contributed by atoms with Crippen molar-refractivity contribution in [3.8, 4) is 5.75 Å². The van der Waals surface area contributed by atoms with Crippen LogP contribution in [0.5, 0.6) is 5.75 Å². The van der Waals surface area contributed by atoms with Crippen LogP contribution in [0.2, 0.25) is 0 Å². The molecule has 0 aliphatic carbocycles. The highest BCUT2D eigenvalue weighted by atomic mass is 32.1. The maximum atomic E-state index is 10.7. The molecule has 2 rings (SSSR count). The third kappa shape index (κ3) is 3.90. The minimum absolute atomic E-state index is 0.157. The molecule has 1 saturated heterocycles. The third-order valence-corrected chi connectivity index (χ3v) is 4.31. The normalized spacial score (nSPS) is 17.4. The zero-order valence-corrected chi connectivity index (χ0v) is 16.1. The van der Waals surface area contributed by atoms with Crippen LogP contribution in [-0.4, -0.2) is 15.2 Å². The molecule has 5 heteroatoms. The molecule has 1 heterocycles. The first-order valence-corrected chi connectivity index (χ1v) is 8.43. The van der Waals surface area contributed by atoms with Crippen molar-refractivity contribution < 1.29 is 5.11 Å². The van der Waals surface area contributed by atoms with E-state index < -0.39 is 0 Å². The maximum Gasteiger partial charge on any atom is 0.176 e. The smallest absolute Gasteiger partial charge is 0.176 e. The second-order valence-corrected chi connectivity index (χ2v) is 8.75. The predicted molar refractivity (Wildman–Crippen MR) is 105 cm³/mol. The van der Waals surface area contributed by atoms with Gasteiger partial charge in [-0.1, -0.05) is 53.8 Å². The Hall–Kier alpha value is -1.46. The van der Waals surface area contributed by atoms with Crippen molar-refractivity contribution in [2.24, 2.45) is 0 Å². The molecule has 0 spiro atoms. The molecule has 1 aromatic carbocycles. The molecule has 0 atom stereocenters. The van der Waals surface area contributed by atoms with E-state index in [0.29, 0.717) is 15.9 Å². The second-order valence-electron chi connectivity index (χ2n) is 7.93. The second kappa shape index (κ2) is 5.87. The fraction of sp³-hybridized carbons (Fsp3) is 0.444. The Morgan fingerprint density at radius 3 is 1.74 bits per heavy atom. The minimum Gasteiger partial charge on any atom is -0.507 e. The van der Waals surface area contributed by atoms with Crippen molar-refractivity contribution >= 4 is 40.6 Å². The monoisotopic (exact) mass is 348 g/mol. The van der Waals surface area contributed by atoms with Crippen LogP contribution in [0.15, 0.2) is 17.8 Å². The highest BCUT2D eigenvalue weighted by Crippen LogP contribution is 2.40. The number of benzene rings is 1. The molecule has 1 aliphatic rings. The van der Waals surface area contributed by atoms with Crippen LogP contribution in [0.25, 0.3) is 6.08 Å². The van der Waals surface area contributed by atoms with Crippen molar-refractivity contribution in [3.05, 3.63) is 34.5 Å². The largest absolute Gasteiger partial charge is 0.507 e. The van der Waals surface area contributed by atoms with E-state index in [9.17, 15) is 5.11 Å². The standard InChI is InChI=1S/C18H24N2OS2/c1-17(2,3)11-7-10(8-12(14(11)21)18(4,5)6)9-13-15(22)20-16(23)19-13/h7-9,21H,1-6H3,(H2,19,20,22,23)/b13-9+. The SMILES string of the molecule is CC(C)(C)c1cc(/C=C2/NC(=S)NC2=S)cc(C(C)(C)C)c1O. The summed E-state index contributed by atoms with van der Waals surface area (Å²) in [6.45, 7) is 12.6. The van der Waals surface area contributed by atoms with E-state index in [1.54, 1.807) is 0 Å². The number of nitrogens with one attached hydrogen (secondary N) is 2. The number of hydrogen-bond acceptors (Lipinski definition) is 3. The fourth-order valence-corrected chi connectivity index (χ4v) is 3.02. The van der Waals surface area contributed by atoms with Gasteiger partial charge in [-0.05, 0) is 46.8 Å². The summed E-state index contributed by atoms with van der Waals surface area (Å²) in [5.41, 5.74) is 3.32. The summed E-state index contributed by atoms with van der Waals surface area (Å²) in [6, 6.07) is 4.03. The Balaban J connectivity index is 2.64. The van der Waals surface area contributed by atoms with Gasteiger partial charge in [0.25, 0.3) is 0 Å². The molecule has 0 radical (unpaired) electrons. The Kier molecular flexibility index (Phi) is 4.57. The molecule has 23 heavy (non-hydrogen) atoms. The van der Waals surface area contributed by atoms with Crippen molar-refractivity contribution in [1.29, 1.82) is 0 Å². The Labute approximate surface area is 149 Å². The molecular weight excluding hydrogens is 324 g/mol. The van der Waals surface area contributed by atoms with Crippen molar-refractivity contribution in [2.45, 2.75) is 52.4 Å². The summed E-state index contributed by atoms with van der Waals surface area (Å²) in [4.78, 5) is 0.595. The summed E-state index contributed by atoms with van der Waals surface area (Å²) in [6.07, 6.45) is 1.97. The van der Waals surface area contributed by atoms with Gasteiger partial charge in [-0.15, -0.1) is 0 Å². The van der Waals surface area contributed by atoms with Crippen LogP contribution >= 0.6 is 24.4 Å². The fourth-order valence-electron chi connectivity index (χ4n) is 2.53. The molecular formula is C18H24N2OS2. The topological polar surface area (TPSA) is 44.3 Å². The average molecular weight is 349 g/mol. The summed E-state index contributed by atoms with van der Waals surface area (Å²) >= 11 is 10.4. The van der Waals surface area contributed by atoms with E-state index in [1.807, 2.05) is 18.2 Å². The van der Waals surface area contributed by atoms with E-state index in [0.717, 1.165) is 22.4 Å². The molecule has 0 aromatic heterocycles. The summed E-state index contributed by atoms with van der Waals surface area (Å²) in [5.74, 6) is 0.378. The lowest BCUT2D eigenvalue weighted by Crippen LogP contribution is -2.21. The molecule has 3 N–H and O–H groups in total. The molecule has 0 amide bonds. The van der Waals surface area contributed by atoms with Gasteiger partial charge in [0.1, 0.15) is 10.7 Å². The first-order chi connectivity index (χ1) is 10.4. The molecule has 124 valence electrons. The maximum absolute atomic E-state index is 10.7. The quantitative estimate of drug-likeness (QED) is 0.526. The lowest BCUT2D eigenvalue weighted by atomic mass is 9.78. The van der Waals surface area contributed by atoms with Crippen LogP contribution in [0, 0.1) is 0 Å². The minimum atomic E-state index is -0.157. The van der Waals surface area contributed by atoms with E-state index in [-0.39, 0.29) is 10.8 Å². The Bertz CT molecular complexity index is 672. The lowest BCUT2D eigenvalue weighted by Gasteiger charge is -2.28. The summed E-state index contributed by atoms with van der Waals surface area (Å²) in [5, 5.41) is 17.2. The number of hydrogen-bond donors (Lipinski definition) is 3. The third-order valence-electron chi connectivity index (χ3n) is 3.78. The number of phenols is 1. The number of rotatable bonds is 1. The molecule has 3 nitrogen and oxygen atoms in total. The summed E-state index contributed by atoms with van der Waals surface area (Å²) < 4.78 is 0. The van der Waals surface area contributed by atoms with Crippen LogP contribution < -0.4 is 10.6 Å². The van der Waals surface area contributed by atoms with Gasteiger partial charge < -0.3 is 15.7 Å². The lowest BCUT2D eigenvalue weighted by molar-refractivity contribution is 0.423. The molecule has 1 aromatic rings. The van der Waals surface area contributed by atoms with Gasteiger partial charge in [0.2, 0.25) is 0 Å². The van der Waals surface area contributed by atoms with Gasteiger partial charge in [0, 0.05) is 11.1 Å². The van der Waals surface area contributed by atoms with E-state index in [4.69, 9.17) is 24.4 Å². The van der Waals surface area contributed by atoms with Crippen molar-refractivity contribution in [1.82, 2.24) is 10.6 Å². The van der Waals surface area contributed by atoms with Crippen molar-refractivity contribution in [3.63, 3.8) is 0 Å². The highest BCUT2D eigenvalue weighted by Gasteiger charge is 2.26. The predicted octanol–water partition coefficient (Wildman–Crippen LogP) is 4.13. The number of thiocarbonyl (C=S) groups is 2. The van der Waals surface area contributed by atoms with Crippen molar-refractivity contribution in [2.75, 3.05) is 0 Å². The van der Waals surface area contributed by atoms with Gasteiger partial charge in [-0.25, -0.2) is 0 Å². The van der Waals surface area contributed by atoms with E-state index in [1.165, 1.54) is 0 Å². The average Bonchev–Trinajstić information content (AvgIpc) is 2.67. The summed E-state index contributed by atoms with van der Waals surface area (Å²) in [7, 11) is 0. The molecule has 0 bridgehead atoms. The highest BCUT2D eigenvalue weighted by molar-refractivity contribution is 7.82. The Morgan fingerprint density at radius 1 is 0.913 bits per heavy atom.